The van der Waals surface area contributed by atoms with E-state index in [1.54, 1.807) is 0 Å². The Morgan fingerprint density at radius 2 is 2.12 bits per heavy atom. The molecule has 86 valence electrons. The van der Waals surface area contributed by atoms with E-state index in [-0.39, 0.29) is 5.97 Å². The van der Waals surface area contributed by atoms with Crippen LogP contribution in [0.25, 0.3) is 0 Å². The molecule has 0 spiro atoms. The quantitative estimate of drug-likeness (QED) is 0.559. The molecule has 0 saturated heterocycles. The van der Waals surface area contributed by atoms with Crippen molar-refractivity contribution in [2.45, 2.75) is 25.4 Å². The molecule has 0 bridgehead atoms. The summed E-state index contributed by atoms with van der Waals surface area (Å²) < 4.78 is 5.43. The van der Waals surface area contributed by atoms with Crippen molar-refractivity contribution in [1.29, 1.82) is 0 Å². The molecule has 1 aromatic carbocycles. The third-order valence-corrected chi connectivity index (χ3v) is 5.08. The minimum atomic E-state index is -1.46. The van der Waals surface area contributed by atoms with Crippen LogP contribution < -0.4 is 0 Å². The number of hydrogen-bond acceptors (Lipinski definition) is 2. The van der Waals surface area contributed by atoms with Gasteiger partial charge in [0.25, 0.3) is 0 Å². The van der Waals surface area contributed by atoms with Crippen molar-refractivity contribution in [3.63, 3.8) is 0 Å². The van der Waals surface area contributed by atoms with Gasteiger partial charge in [-0.1, -0.05) is 50.3 Å². The smallest absolute Gasteiger partial charge is 0.316 e. The minimum absolute atomic E-state index is 0.277. The summed E-state index contributed by atoms with van der Waals surface area (Å²) in [7, 11) is -1.46. The van der Waals surface area contributed by atoms with E-state index in [1.807, 2.05) is 18.2 Å². The van der Waals surface area contributed by atoms with E-state index in [0.717, 1.165) is 18.5 Å². The van der Waals surface area contributed by atoms with E-state index in [2.05, 4.69) is 25.6 Å². The maximum Gasteiger partial charge on any atom is 0.316 e. The van der Waals surface area contributed by atoms with Crippen LogP contribution in [0.4, 0.5) is 0 Å². The number of carbonyl (C=O) groups excluding carboxylic acids is 1. The predicted octanol–water partition coefficient (Wildman–Crippen LogP) is 2.63. The van der Waals surface area contributed by atoms with Crippen LogP contribution in [0.1, 0.15) is 18.9 Å². The van der Waals surface area contributed by atoms with Crippen molar-refractivity contribution in [1.82, 2.24) is 0 Å². The van der Waals surface area contributed by atoms with Crippen LogP contribution in [0.15, 0.2) is 43.0 Å². The van der Waals surface area contributed by atoms with E-state index < -0.39 is 9.04 Å². The standard InChI is InChI=1S/C13H18O2Si/c1-3-10-16(15-13(14)4-2)11-12-8-6-5-7-9-12/h4-9,16H,2-3,10-11H2,1H3. The SMILES string of the molecule is C=CC(=O)O[SiH](CCC)Cc1ccccc1. The molecule has 2 nitrogen and oxygen atoms in total. The Bertz CT molecular complexity index is 335. The molecule has 1 rings (SSSR count). The first kappa shape index (κ1) is 12.7. The molecule has 0 aliphatic rings. The highest BCUT2D eigenvalue weighted by molar-refractivity contribution is 6.53. The molecule has 0 N–H and O–H groups in total. The second kappa shape index (κ2) is 7.01. The monoisotopic (exact) mass is 234 g/mol. The number of carbonyl (C=O) groups is 1. The Kier molecular flexibility index (Phi) is 5.57. The van der Waals surface area contributed by atoms with Crippen molar-refractivity contribution >= 4 is 15.0 Å². The average molecular weight is 234 g/mol. The Balaban J connectivity index is 2.57. The lowest BCUT2D eigenvalue weighted by atomic mass is 10.2. The van der Waals surface area contributed by atoms with Crippen LogP contribution in [-0.4, -0.2) is 15.0 Å². The molecular formula is C13H18O2Si. The lowest BCUT2D eigenvalue weighted by Gasteiger charge is -2.14. The molecule has 1 atom stereocenters. The summed E-state index contributed by atoms with van der Waals surface area (Å²) >= 11 is 0. The summed E-state index contributed by atoms with van der Waals surface area (Å²) in [5.74, 6) is -0.277. The second-order valence-corrected chi connectivity index (χ2v) is 6.21. The van der Waals surface area contributed by atoms with Gasteiger partial charge in [0.15, 0.2) is 0 Å². The highest BCUT2D eigenvalue weighted by Gasteiger charge is 2.15. The summed E-state index contributed by atoms with van der Waals surface area (Å²) in [5, 5.41) is 0. The normalized spacial score (nSPS) is 11.8. The van der Waals surface area contributed by atoms with Crippen molar-refractivity contribution < 1.29 is 9.22 Å². The van der Waals surface area contributed by atoms with Crippen molar-refractivity contribution in [2.75, 3.05) is 0 Å². The van der Waals surface area contributed by atoms with Crippen LogP contribution in [-0.2, 0) is 15.3 Å². The molecule has 0 amide bonds. The molecule has 0 aliphatic heterocycles. The highest BCUT2D eigenvalue weighted by atomic mass is 28.3. The Morgan fingerprint density at radius 3 is 2.69 bits per heavy atom. The molecule has 0 heterocycles. The molecule has 0 saturated carbocycles. The zero-order chi connectivity index (χ0) is 11.8. The lowest BCUT2D eigenvalue weighted by Crippen LogP contribution is -2.24. The van der Waals surface area contributed by atoms with E-state index in [4.69, 9.17) is 4.43 Å². The number of rotatable bonds is 6. The van der Waals surface area contributed by atoms with Gasteiger partial charge in [0.05, 0.1) is 0 Å². The topological polar surface area (TPSA) is 26.3 Å². The summed E-state index contributed by atoms with van der Waals surface area (Å²) in [6.07, 6.45) is 2.31. The second-order valence-electron chi connectivity index (χ2n) is 3.74. The van der Waals surface area contributed by atoms with Crippen LogP contribution >= 0.6 is 0 Å². The van der Waals surface area contributed by atoms with Gasteiger partial charge in [-0.05, 0) is 17.7 Å². The average Bonchev–Trinajstić information content (AvgIpc) is 2.30. The fourth-order valence-electron chi connectivity index (χ4n) is 1.61. The Labute approximate surface area is 98.7 Å². The van der Waals surface area contributed by atoms with E-state index in [0.29, 0.717) is 0 Å². The minimum Gasteiger partial charge on any atom is -0.519 e. The van der Waals surface area contributed by atoms with Crippen LogP contribution in [0, 0.1) is 0 Å². The zero-order valence-electron chi connectivity index (χ0n) is 9.69. The van der Waals surface area contributed by atoms with Crippen molar-refractivity contribution in [3.05, 3.63) is 48.6 Å². The number of benzene rings is 1. The molecule has 0 fully saturated rings. The molecule has 3 heteroatoms. The molecule has 0 aliphatic carbocycles. The summed E-state index contributed by atoms with van der Waals surface area (Å²) in [6.45, 7) is 5.55. The van der Waals surface area contributed by atoms with Gasteiger partial charge in [-0.15, -0.1) is 0 Å². The van der Waals surface area contributed by atoms with E-state index in [9.17, 15) is 4.79 Å². The van der Waals surface area contributed by atoms with Crippen molar-refractivity contribution in [2.24, 2.45) is 0 Å². The molecule has 0 radical (unpaired) electrons. The van der Waals surface area contributed by atoms with Gasteiger partial charge in [-0.3, -0.25) is 0 Å². The number of hydrogen-bond donors (Lipinski definition) is 0. The highest BCUT2D eigenvalue weighted by Crippen LogP contribution is 2.08. The van der Waals surface area contributed by atoms with E-state index in [1.165, 1.54) is 11.6 Å². The third-order valence-electron chi connectivity index (χ3n) is 2.37. The largest absolute Gasteiger partial charge is 0.519 e. The summed E-state index contributed by atoms with van der Waals surface area (Å²) in [4.78, 5) is 11.2. The van der Waals surface area contributed by atoms with Gasteiger partial charge in [-0.2, -0.15) is 0 Å². The molecule has 0 aromatic heterocycles. The maximum atomic E-state index is 11.2. The fraction of sp³-hybridized carbons (Fsp3) is 0.308. The maximum absolute atomic E-state index is 11.2. The van der Waals surface area contributed by atoms with Gasteiger partial charge in [-0.25, -0.2) is 4.79 Å². The predicted molar refractivity (Wildman–Crippen MR) is 68.7 cm³/mol. The van der Waals surface area contributed by atoms with Gasteiger partial charge >= 0.3 is 5.97 Å². The fourth-order valence-corrected chi connectivity index (χ4v) is 3.89. The van der Waals surface area contributed by atoms with Crippen LogP contribution in [0.3, 0.4) is 0 Å². The first-order valence-electron chi connectivity index (χ1n) is 5.63. The van der Waals surface area contributed by atoms with Crippen LogP contribution in [0.5, 0.6) is 0 Å². The molecule has 16 heavy (non-hydrogen) atoms. The zero-order valence-corrected chi connectivity index (χ0v) is 10.8. The van der Waals surface area contributed by atoms with Crippen molar-refractivity contribution in [3.8, 4) is 0 Å². The molecular weight excluding hydrogens is 216 g/mol. The summed E-state index contributed by atoms with van der Waals surface area (Å²) in [6, 6.07) is 12.1. The van der Waals surface area contributed by atoms with Gasteiger partial charge in [0, 0.05) is 6.08 Å². The Morgan fingerprint density at radius 1 is 1.44 bits per heavy atom. The first-order chi connectivity index (χ1) is 7.76. The van der Waals surface area contributed by atoms with Gasteiger partial charge in [0.1, 0.15) is 0 Å². The first-order valence-corrected chi connectivity index (χ1v) is 7.73. The Hall–Kier alpha value is -1.35. The van der Waals surface area contributed by atoms with Crippen LogP contribution in [0.2, 0.25) is 6.04 Å². The summed E-state index contributed by atoms with van der Waals surface area (Å²) in [5.41, 5.74) is 1.25. The lowest BCUT2D eigenvalue weighted by molar-refractivity contribution is -0.129. The van der Waals surface area contributed by atoms with E-state index >= 15 is 0 Å². The van der Waals surface area contributed by atoms with Gasteiger partial charge in [0.2, 0.25) is 9.04 Å². The molecule has 1 aromatic rings. The molecule has 1 unspecified atom stereocenters. The van der Waals surface area contributed by atoms with Gasteiger partial charge < -0.3 is 4.43 Å². The third kappa shape index (κ3) is 4.44.